The van der Waals surface area contributed by atoms with Crippen molar-refractivity contribution in [3.63, 3.8) is 0 Å². The molecular formula is C14H16ClN3O. The van der Waals surface area contributed by atoms with E-state index in [-0.39, 0.29) is 5.56 Å². The summed E-state index contributed by atoms with van der Waals surface area (Å²) < 4.78 is 1.49. The Hall–Kier alpha value is -1.81. The first kappa shape index (κ1) is 13.6. The minimum Gasteiger partial charge on any atom is -0.336 e. The van der Waals surface area contributed by atoms with Crippen molar-refractivity contribution < 1.29 is 0 Å². The van der Waals surface area contributed by atoms with Crippen molar-refractivity contribution in [3.8, 4) is 0 Å². The summed E-state index contributed by atoms with van der Waals surface area (Å²) in [5.74, 6) is 0.984. The zero-order valence-electron chi connectivity index (χ0n) is 10.8. The molecule has 1 aromatic heterocycles. The number of nitrogens with zero attached hydrogens (tertiary/aromatic N) is 2. The van der Waals surface area contributed by atoms with Crippen LogP contribution in [0.15, 0.2) is 41.5 Å². The topological polar surface area (TPSA) is 46.9 Å². The smallest absolute Gasteiger partial charge is 0.293 e. The van der Waals surface area contributed by atoms with Gasteiger partial charge < -0.3 is 9.88 Å². The molecule has 0 bridgehead atoms. The van der Waals surface area contributed by atoms with Crippen LogP contribution in [0.2, 0.25) is 0 Å². The van der Waals surface area contributed by atoms with E-state index in [9.17, 15) is 4.79 Å². The highest BCUT2D eigenvalue weighted by Gasteiger charge is 2.03. The first-order valence-electron chi connectivity index (χ1n) is 6.14. The standard InChI is InChI=1S/C14H16ClN3O/c1-18-9-8-16-13(14(18)19)17-12-6-2-4-11(10-12)5-3-7-15/h2,4,6,8-10H,3,5,7H2,1H3,(H,16,17). The molecule has 0 aliphatic carbocycles. The molecule has 1 heterocycles. The second kappa shape index (κ2) is 6.38. The van der Waals surface area contributed by atoms with E-state index in [2.05, 4.69) is 10.3 Å². The minimum atomic E-state index is -0.145. The first-order valence-corrected chi connectivity index (χ1v) is 6.67. The maximum absolute atomic E-state index is 11.9. The van der Waals surface area contributed by atoms with Crippen molar-refractivity contribution in [1.82, 2.24) is 9.55 Å². The molecule has 2 rings (SSSR count). The summed E-state index contributed by atoms with van der Waals surface area (Å²) in [5, 5.41) is 3.05. The lowest BCUT2D eigenvalue weighted by Gasteiger charge is -2.07. The van der Waals surface area contributed by atoms with Crippen LogP contribution in [-0.4, -0.2) is 15.4 Å². The number of hydrogen-bond acceptors (Lipinski definition) is 3. The summed E-state index contributed by atoms with van der Waals surface area (Å²) in [6.45, 7) is 0. The van der Waals surface area contributed by atoms with Gasteiger partial charge in [-0.15, -0.1) is 11.6 Å². The highest BCUT2D eigenvalue weighted by Crippen LogP contribution is 2.15. The van der Waals surface area contributed by atoms with E-state index < -0.39 is 0 Å². The molecule has 0 aliphatic heterocycles. The highest BCUT2D eigenvalue weighted by atomic mass is 35.5. The molecule has 0 aliphatic rings. The zero-order valence-corrected chi connectivity index (χ0v) is 11.5. The van der Waals surface area contributed by atoms with Gasteiger partial charge in [0.15, 0.2) is 5.82 Å². The van der Waals surface area contributed by atoms with Gasteiger partial charge in [-0.2, -0.15) is 0 Å². The molecule has 0 atom stereocenters. The lowest BCUT2D eigenvalue weighted by molar-refractivity contribution is 0.845. The Bertz CT molecular complexity index is 610. The van der Waals surface area contributed by atoms with E-state index in [0.29, 0.717) is 11.7 Å². The van der Waals surface area contributed by atoms with Crippen molar-refractivity contribution in [2.75, 3.05) is 11.2 Å². The fourth-order valence-electron chi connectivity index (χ4n) is 1.80. The largest absolute Gasteiger partial charge is 0.336 e. The predicted octanol–water partition coefficient (Wildman–Crippen LogP) is 2.70. The van der Waals surface area contributed by atoms with Gasteiger partial charge >= 0.3 is 0 Å². The van der Waals surface area contributed by atoms with Crippen molar-refractivity contribution in [2.24, 2.45) is 7.05 Å². The van der Waals surface area contributed by atoms with Crippen LogP contribution in [-0.2, 0) is 13.5 Å². The normalized spacial score (nSPS) is 10.4. The molecule has 0 spiro atoms. The molecule has 0 unspecified atom stereocenters. The molecule has 1 N–H and O–H groups in total. The van der Waals surface area contributed by atoms with Gasteiger partial charge in [-0.25, -0.2) is 4.98 Å². The molecule has 4 nitrogen and oxygen atoms in total. The van der Waals surface area contributed by atoms with Crippen molar-refractivity contribution in [2.45, 2.75) is 12.8 Å². The number of benzene rings is 1. The average molecular weight is 278 g/mol. The monoisotopic (exact) mass is 277 g/mol. The third-order valence-corrected chi connectivity index (χ3v) is 3.07. The summed E-state index contributed by atoms with van der Waals surface area (Å²) in [7, 11) is 1.70. The van der Waals surface area contributed by atoms with Crippen molar-refractivity contribution in [3.05, 3.63) is 52.6 Å². The number of aromatic nitrogens is 2. The van der Waals surface area contributed by atoms with E-state index >= 15 is 0 Å². The van der Waals surface area contributed by atoms with Crippen molar-refractivity contribution in [1.29, 1.82) is 0 Å². The van der Waals surface area contributed by atoms with E-state index in [0.717, 1.165) is 18.5 Å². The molecule has 2 aromatic rings. The predicted molar refractivity (Wildman–Crippen MR) is 78.2 cm³/mol. The average Bonchev–Trinajstić information content (AvgIpc) is 2.42. The third-order valence-electron chi connectivity index (χ3n) is 2.81. The van der Waals surface area contributed by atoms with E-state index in [1.54, 1.807) is 19.4 Å². The molecule has 0 fully saturated rings. The SMILES string of the molecule is Cn1ccnc(Nc2cccc(CCCCl)c2)c1=O. The Morgan fingerprint density at radius 2 is 2.26 bits per heavy atom. The minimum absolute atomic E-state index is 0.145. The fraction of sp³-hybridized carbons (Fsp3) is 0.286. The first-order chi connectivity index (χ1) is 9.20. The Balaban J connectivity index is 2.19. The molecule has 5 heteroatoms. The maximum Gasteiger partial charge on any atom is 0.293 e. The number of rotatable bonds is 5. The van der Waals surface area contributed by atoms with Crippen LogP contribution in [0.4, 0.5) is 11.5 Å². The lowest BCUT2D eigenvalue weighted by atomic mass is 10.1. The Labute approximate surface area is 117 Å². The Morgan fingerprint density at radius 3 is 3.05 bits per heavy atom. The van der Waals surface area contributed by atoms with Crippen LogP contribution in [0.1, 0.15) is 12.0 Å². The third kappa shape index (κ3) is 3.58. The van der Waals surface area contributed by atoms with Crippen LogP contribution in [0.5, 0.6) is 0 Å². The van der Waals surface area contributed by atoms with Crippen molar-refractivity contribution >= 4 is 23.1 Å². The quantitative estimate of drug-likeness (QED) is 0.855. The van der Waals surface area contributed by atoms with Gasteiger partial charge in [0.1, 0.15) is 0 Å². The van der Waals surface area contributed by atoms with Gasteiger partial charge in [-0.1, -0.05) is 12.1 Å². The summed E-state index contributed by atoms with van der Waals surface area (Å²) >= 11 is 5.69. The molecule has 1 aromatic carbocycles. The number of hydrogen-bond donors (Lipinski definition) is 1. The lowest BCUT2D eigenvalue weighted by Crippen LogP contribution is -2.20. The summed E-state index contributed by atoms with van der Waals surface area (Å²) in [5.41, 5.74) is 1.91. The highest BCUT2D eigenvalue weighted by molar-refractivity contribution is 6.17. The maximum atomic E-state index is 11.9. The van der Waals surface area contributed by atoms with Crippen LogP contribution >= 0.6 is 11.6 Å². The molecule has 0 saturated heterocycles. The number of alkyl halides is 1. The number of halogens is 1. The van der Waals surface area contributed by atoms with Crippen LogP contribution in [0.25, 0.3) is 0 Å². The Morgan fingerprint density at radius 1 is 1.42 bits per heavy atom. The van der Waals surface area contributed by atoms with Gasteiger partial charge in [0.05, 0.1) is 0 Å². The number of aryl methyl sites for hydroxylation is 2. The van der Waals surface area contributed by atoms with Gasteiger partial charge in [0, 0.05) is 31.0 Å². The Kier molecular flexibility index (Phi) is 4.58. The molecule has 0 amide bonds. The molecular weight excluding hydrogens is 262 g/mol. The second-order valence-electron chi connectivity index (χ2n) is 4.31. The van der Waals surface area contributed by atoms with E-state index in [1.165, 1.54) is 10.1 Å². The van der Waals surface area contributed by atoms with Crippen LogP contribution in [0, 0.1) is 0 Å². The fourth-order valence-corrected chi connectivity index (χ4v) is 1.93. The molecule has 0 radical (unpaired) electrons. The zero-order chi connectivity index (χ0) is 13.7. The van der Waals surface area contributed by atoms with Crippen LogP contribution < -0.4 is 10.9 Å². The summed E-state index contributed by atoms with van der Waals surface area (Å²) in [6, 6.07) is 7.94. The van der Waals surface area contributed by atoms with E-state index in [1.807, 2.05) is 24.3 Å². The molecule has 19 heavy (non-hydrogen) atoms. The van der Waals surface area contributed by atoms with Gasteiger partial charge in [0.2, 0.25) is 0 Å². The van der Waals surface area contributed by atoms with Gasteiger partial charge in [-0.3, -0.25) is 4.79 Å². The molecule has 100 valence electrons. The second-order valence-corrected chi connectivity index (χ2v) is 4.69. The number of anilines is 2. The van der Waals surface area contributed by atoms with E-state index in [4.69, 9.17) is 11.6 Å². The van der Waals surface area contributed by atoms with Gasteiger partial charge in [0.25, 0.3) is 5.56 Å². The molecule has 0 saturated carbocycles. The van der Waals surface area contributed by atoms with Crippen LogP contribution in [0.3, 0.4) is 0 Å². The summed E-state index contributed by atoms with van der Waals surface area (Å²) in [6.07, 6.45) is 5.10. The number of nitrogens with one attached hydrogen (secondary N) is 1. The van der Waals surface area contributed by atoms with Gasteiger partial charge in [-0.05, 0) is 30.5 Å². The summed E-state index contributed by atoms with van der Waals surface area (Å²) in [4.78, 5) is 15.9.